The van der Waals surface area contributed by atoms with Crippen LogP contribution in [0.1, 0.15) is 0 Å². The SMILES string of the molecule is c1ccc(-c2nccc(-c3nc(N4CCOCC4)c4nc(-c5ccncc5)sc4n3)n2)cc1. The number of anilines is 1. The lowest BCUT2D eigenvalue weighted by atomic mass is 10.2. The van der Waals surface area contributed by atoms with Gasteiger partial charge in [-0.05, 0) is 18.2 Å². The van der Waals surface area contributed by atoms with Crippen molar-refractivity contribution in [2.45, 2.75) is 0 Å². The van der Waals surface area contributed by atoms with Crippen LogP contribution in [-0.2, 0) is 4.74 Å². The van der Waals surface area contributed by atoms with Gasteiger partial charge in [0.1, 0.15) is 21.0 Å². The molecule has 4 aromatic heterocycles. The number of ether oxygens (including phenoxy) is 1. The second kappa shape index (κ2) is 8.61. The second-order valence-corrected chi connectivity index (χ2v) is 8.49. The molecule has 0 N–H and O–H groups in total. The fourth-order valence-electron chi connectivity index (χ4n) is 3.75. The zero-order chi connectivity index (χ0) is 22.0. The van der Waals surface area contributed by atoms with E-state index in [0.717, 1.165) is 45.4 Å². The molecular formula is C24H19N7OS. The molecule has 1 aliphatic heterocycles. The van der Waals surface area contributed by atoms with E-state index in [1.165, 1.54) is 0 Å². The van der Waals surface area contributed by atoms with Crippen LogP contribution in [0.5, 0.6) is 0 Å². The van der Waals surface area contributed by atoms with Crippen LogP contribution in [0.15, 0.2) is 67.1 Å². The molecule has 6 rings (SSSR count). The Hall–Kier alpha value is -3.82. The van der Waals surface area contributed by atoms with E-state index in [9.17, 15) is 0 Å². The van der Waals surface area contributed by atoms with Gasteiger partial charge in [-0.15, -0.1) is 0 Å². The van der Waals surface area contributed by atoms with E-state index in [1.54, 1.807) is 29.9 Å². The van der Waals surface area contributed by atoms with Gasteiger partial charge in [-0.3, -0.25) is 4.98 Å². The van der Waals surface area contributed by atoms with Crippen LogP contribution in [-0.4, -0.2) is 56.2 Å². The molecule has 9 heteroatoms. The predicted molar refractivity (Wildman–Crippen MR) is 128 cm³/mol. The van der Waals surface area contributed by atoms with Crippen molar-refractivity contribution in [2.24, 2.45) is 0 Å². The largest absolute Gasteiger partial charge is 0.378 e. The van der Waals surface area contributed by atoms with Crippen molar-refractivity contribution in [3.63, 3.8) is 0 Å². The Morgan fingerprint density at radius 1 is 0.758 bits per heavy atom. The van der Waals surface area contributed by atoms with Gasteiger partial charge in [-0.25, -0.2) is 24.9 Å². The first-order valence-electron chi connectivity index (χ1n) is 10.7. The third kappa shape index (κ3) is 3.92. The molecule has 0 atom stereocenters. The Kier molecular flexibility index (Phi) is 5.17. The minimum atomic E-state index is 0.563. The van der Waals surface area contributed by atoms with Crippen molar-refractivity contribution in [3.8, 4) is 33.5 Å². The first kappa shape index (κ1) is 19.8. The highest BCUT2D eigenvalue weighted by atomic mass is 32.1. The fourth-order valence-corrected chi connectivity index (χ4v) is 4.69. The molecule has 5 heterocycles. The third-order valence-electron chi connectivity index (χ3n) is 5.39. The zero-order valence-corrected chi connectivity index (χ0v) is 18.4. The first-order valence-corrected chi connectivity index (χ1v) is 11.5. The number of hydrogen-bond acceptors (Lipinski definition) is 9. The van der Waals surface area contributed by atoms with Crippen LogP contribution in [0.4, 0.5) is 5.82 Å². The van der Waals surface area contributed by atoms with Crippen LogP contribution < -0.4 is 4.90 Å². The maximum Gasteiger partial charge on any atom is 0.181 e. The summed E-state index contributed by atoms with van der Waals surface area (Å²) in [7, 11) is 0. The molecule has 0 radical (unpaired) electrons. The van der Waals surface area contributed by atoms with Crippen molar-refractivity contribution >= 4 is 27.5 Å². The summed E-state index contributed by atoms with van der Waals surface area (Å²) in [5.74, 6) is 2.02. The molecule has 5 aromatic rings. The van der Waals surface area contributed by atoms with E-state index >= 15 is 0 Å². The number of rotatable bonds is 4. The molecule has 162 valence electrons. The Morgan fingerprint density at radius 3 is 2.39 bits per heavy atom. The Morgan fingerprint density at radius 2 is 1.58 bits per heavy atom. The lowest BCUT2D eigenvalue weighted by Gasteiger charge is -2.28. The topological polar surface area (TPSA) is 89.8 Å². The number of nitrogens with zero attached hydrogens (tertiary/aromatic N) is 7. The van der Waals surface area contributed by atoms with E-state index in [-0.39, 0.29) is 0 Å². The van der Waals surface area contributed by atoms with Crippen molar-refractivity contribution < 1.29 is 4.74 Å². The number of fused-ring (bicyclic) bond motifs is 1. The van der Waals surface area contributed by atoms with Gasteiger partial charge < -0.3 is 9.64 Å². The van der Waals surface area contributed by atoms with E-state index in [4.69, 9.17) is 24.7 Å². The Balaban J connectivity index is 1.50. The number of thiazole rings is 1. The fraction of sp³-hybridized carbons (Fsp3) is 0.167. The minimum absolute atomic E-state index is 0.563. The highest BCUT2D eigenvalue weighted by molar-refractivity contribution is 7.21. The summed E-state index contributed by atoms with van der Waals surface area (Å²) in [5.41, 5.74) is 3.44. The summed E-state index contributed by atoms with van der Waals surface area (Å²) in [6.07, 6.45) is 5.29. The van der Waals surface area contributed by atoms with Crippen molar-refractivity contribution in [1.29, 1.82) is 0 Å². The molecule has 1 fully saturated rings. The molecule has 0 bridgehead atoms. The Bertz CT molecular complexity index is 1400. The summed E-state index contributed by atoms with van der Waals surface area (Å²) in [4.78, 5) is 31.1. The standard InChI is InChI=1S/C24H19N7OS/c1-2-4-16(5-3-1)20-26-11-8-18(27-20)21-29-22(31-12-14-32-15-13-31)19-24(30-21)33-23(28-19)17-6-9-25-10-7-17/h1-11H,12-15H2. The van der Waals surface area contributed by atoms with Crippen molar-refractivity contribution in [1.82, 2.24) is 29.9 Å². The third-order valence-corrected chi connectivity index (χ3v) is 6.39. The molecule has 0 aliphatic carbocycles. The average Bonchev–Trinajstić information content (AvgIpc) is 3.34. The zero-order valence-electron chi connectivity index (χ0n) is 17.6. The maximum atomic E-state index is 5.56. The van der Waals surface area contributed by atoms with Crippen LogP contribution in [0, 0.1) is 0 Å². The lowest BCUT2D eigenvalue weighted by Crippen LogP contribution is -2.37. The molecule has 33 heavy (non-hydrogen) atoms. The second-order valence-electron chi connectivity index (χ2n) is 7.51. The molecule has 0 amide bonds. The monoisotopic (exact) mass is 453 g/mol. The van der Waals surface area contributed by atoms with E-state index in [0.29, 0.717) is 30.6 Å². The lowest BCUT2D eigenvalue weighted by molar-refractivity contribution is 0.122. The van der Waals surface area contributed by atoms with Gasteiger partial charge in [-0.1, -0.05) is 41.7 Å². The molecule has 0 unspecified atom stereocenters. The van der Waals surface area contributed by atoms with Crippen LogP contribution in [0.3, 0.4) is 0 Å². The number of hydrogen-bond donors (Lipinski definition) is 0. The number of aromatic nitrogens is 6. The quantitative estimate of drug-likeness (QED) is 0.402. The smallest absolute Gasteiger partial charge is 0.181 e. The summed E-state index contributed by atoms with van der Waals surface area (Å²) in [6.45, 7) is 2.83. The van der Waals surface area contributed by atoms with Crippen LogP contribution in [0.2, 0.25) is 0 Å². The normalized spacial score (nSPS) is 14.0. The predicted octanol–water partition coefficient (Wildman–Crippen LogP) is 4.11. The number of pyridine rings is 1. The molecule has 1 saturated heterocycles. The van der Waals surface area contributed by atoms with Gasteiger partial charge in [0.05, 0.1) is 13.2 Å². The molecule has 0 saturated carbocycles. The highest BCUT2D eigenvalue weighted by Gasteiger charge is 2.22. The van der Waals surface area contributed by atoms with E-state index in [1.807, 2.05) is 48.5 Å². The van der Waals surface area contributed by atoms with Gasteiger partial charge in [0.2, 0.25) is 0 Å². The molecule has 1 aromatic carbocycles. The van der Waals surface area contributed by atoms with Crippen LogP contribution in [0.25, 0.3) is 43.8 Å². The maximum absolute atomic E-state index is 5.56. The number of benzene rings is 1. The molecule has 1 aliphatic rings. The number of morpholine rings is 1. The highest BCUT2D eigenvalue weighted by Crippen LogP contribution is 2.35. The van der Waals surface area contributed by atoms with Crippen molar-refractivity contribution in [3.05, 3.63) is 67.1 Å². The minimum Gasteiger partial charge on any atom is -0.378 e. The van der Waals surface area contributed by atoms with Gasteiger partial charge >= 0.3 is 0 Å². The average molecular weight is 454 g/mol. The van der Waals surface area contributed by atoms with Gasteiger partial charge in [0, 0.05) is 42.8 Å². The van der Waals surface area contributed by atoms with Crippen LogP contribution >= 0.6 is 11.3 Å². The summed E-state index contributed by atoms with van der Waals surface area (Å²) in [5, 5.41) is 0.890. The first-order chi connectivity index (χ1) is 16.3. The van der Waals surface area contributed by atoms with E-state index in [2.05, 4.69) is 14.9 Å². The molecule has 0 spiro atoms. The van der Waals surface area contributed by atoms with Gasteiger partial charge in [-0.2, -0.15) is 0 Å². The molecule has 8 nitrogen and oxygen atoms in total. The molecular weight excluding hydrogens is 434 g/mol. The van der Waals surface area contributed by atoms with E-state index < -0.39 is 0 Å². The summed E-state index contributed by atoms with van der Waals surface area (Å²) < 4.78 is 5.56. The summed E-state index contributed by atoms with van der Waals surface area (Å²) in [6, 6.07) is 15.7. The Labute approximate surface area is 194 Å². The summed E-state index contributed by atoms with van der Waals surface area (Å²) >= 11 is 1.55. The van der Waals surface area contributed by atoms with Gasteiger partial charge in [0.15, 0.2) is 17.5 Å². The van der Waals surface area contributed by atoms with Crippen molar-refractivity contribution in [2.75, 3.05) is 31.2 Å². The van der Waals surface area contributed by atoms with Gasteiger partial charge in [0.25, 0.3) is 0 Å².